The van der Waals surface area contributed by atoms with E-state index in [1.54, 1.807) is 13.8 Å². The summed E-state index contributed by atoms with van der Waals surface area (Å²) in [4.78, 5) is 0. The van der Waals surface area contributed by atoms with Crippen LogP contribution in [0.1, 0.15) is 13.8 Å². The molecule has 2 rings (SSSR count). The topological polar surface area (TPSA) is 169 Å². The maximum atomic E-state index is 10.4. The van der Waals surface area contributed by atoms with Gasteiger partial charge in [0.2, 0.25) is 0 Å². The van der Waals surface area contributed by atoms with Gasteiger partial charge in [-0.15, -0.1) is 11.8 Å². The summed E-state index contributed by atoms with van der Waals surface area (Å²) in [5, 5.41) is 68.4. The third-order valence-electron chi connectivity index (χ3n) is 4.37. The zero-order chi connectivity index (χ0) is 19.6. The summed E-state index contributed by atoms with van der Waals surface area (Å²) in [5.74, 6) is 0. The summed E-state index contributed by atoms with van der Waals surface area (Å²) < 4.78 is 16.3. The maximum Gasteiger partial charge on any atom is 0.186 e. The SMILES string of the molecule is CC(C)O[C@H]1O[C@H](CO)[C@@H](S[C@@H]2O[C@H](CO)[C@H](O)[C@H](O)[C@H]2O)[C@H](O)[C@H]1O. The van der Waals surface area contributed by atoms with Gasteiger partial charge < -0.3 is 50.0 Å². The third kappa shape index (κ3) is 4.67. The highest BCUT2D eigenvalue weighted by Crippen LogP contribution is 2.37. The molecule has 0 aromatic rings. The molecule has 0 aromatic carbocycles. The first-order chi connectivity index (χ1) is 12.2. The van der Waals surface area contributed by atoms with Crippen LogP contribution >= 0.6 is 11.8 Å². The van der Waals surface area contributed by atoms with Gasteiger partial charge in [0, 0.05) is 0 Å². The number of aliphatic hydroxyl groups excluding tert-OH is 7. The maximum absolute atomic E-state index is 10.4. The van der Waals surface area contributed by atoms with Crippen molar-refractivity contribution in [3.05, 3.63) is 0 Å². The molecule has 10 atom stereocenters. The Labute approximate surface area is 155 Å². The molecule has 0 saturated carbocycles. The van der Waals surface area contributed by atoms with Crippen molar-refractivity contribution in [3.8, 4) is 0 Å². The predicted molar refractivity (Wildman–Crippen MR) is 89.1 cm³/mol. The summed E-state index contributed by atoms with van der Waals surface area (Å²) in [6.07, 6.45) is -10.8. The smallest absolute Gasteiger partial charge is 0.186 e. The lowest BCUT2D eigenvalue weighted by Gasteiger charge is -2.45. The third-order valence-corrected chi connectivity index (χ3v) is 5.92. The van der Waals surface area contributed by atoms with Crippen molar-refractivity contribution in [2.75, 3.05) is 13.2 Å². The van der Waals surface area contributed by atoms with Crippen LogP contribution in [0.15, 0.2) is 0 Å². The molecule has 2 aliphatic heterocycles. The lowest BCUT2D eigenvalue weighted by molar-refractivity contribution is -0.278. The van der Waals surface area contributed by atoms with Gasteiger partial charge in [-0.1, -0.05) is 0 Å². The van der Waals surface area contributed by atoms with E-state index in [0.29, 0.717) is 0 Å². The van der Waals surface area contributed by atoms with Gasteiger partial charge in [-0.3, -0.25) is 0 Å². The molecule has 0 bridgehead atoms. The van der Waals surface area contributed by atoms with Gasteiger partial charge in [-0.2, -0.15) is 0 Å². The number of hydrogen-bond donors (Lipinski definition) is 7. The van der Waals surface area contributed by atoms with Gasteiger partial charge in [0.15, 0.2) is 6.29 Å². The van der Waals surface area contributed by atoms with Crippen LogP contribution in [0.3, 0.4) is 0 Å². The van der Waals surface area contributed by atoms with E-state index in [4.69, 9.17) is 14.2 Å². The Bertz CT molecular complexity index is 437. The second-order valence-corrected chi connectivity index (χ2v) is 7.97. The average Bonchev–Trinajstić information content (AvgIpc) is 2.60. The second-order valence-electron chi connectivity index (χ2n) is 6.69. The standard InChI is InChI=1S/C15H28O10S/c1-5(2)23-14-11(21)10(20)13(7(4-17)24-14)26-15-12(22)9(19)8(18)6(3-16)25-15/h5-22H,3-4H2,1-2H3/t6-,7-,8+,9+,10-,11-,12-,13-,14+,15+/m1/s1. The Hall–Kier alpha value is -0.0500. The van der Waals surface area contributed by atoms with Crippen LogP contribution in [0.4, 0.5) is 0 Å². The number of hydrogen-bond acceptors (Lipinski definition) is 11. The van der Waals surface area contributed by atoms with E-state index >= 15 is 0 Å². The first-order valence-corrected chi connectivity index (χ1v) is 9.39. The summed E-state index contributed by atoms with van der Waals surface area (Å²) in [5.41, 5.74) is -1.13. The molecule has 11 heteroatoms. The normalized spacial score (nSPS) is 47.3. The van der Waals surface area contributed by atoms with Crippen LogP contribution in [-0.2, 0) is 14.2 Å². The quantitative estimate of drug-likeness (QED) is 0.239. The Kier molecular flexibility index (Phi) is 8.07. The average molecular weight is 400 g/mol. The number of aliphatic hydroxyl groups is 7. The van der Waals surface area contributed by atoms with Crippen LogP contribution in [0.25, 0.3) is 0 Å². The molecule has 26 heavy (non-hydrogen) atoms. The first kappa shape index (κ1) is 22.2. The zero-order valence-electron chi connectivity index (χ0n) is 14.5. The molecular weight excluding hydrogens is 372 g/mol. The molecule has 0 unspecified atom stereocenters. The minimum atomic E-state index is -1.56. The fourth-order valence-electron chi connectivity index (χ4n) is 2.94. The Balaban J connectivity index is 2.11. The molecule has 0 radical (unpaired) electrons. The van der Waals surface area contributed by atoms with Crippen molar-refractivity contribution in [3.63, 3.8) is 0 Å². The summed E-state index contributed by atoms with van der Waals surface area (Å²) in [7, 11) is 0. The van der Waals surface area contributed by atoms with Crippen molar-refractivity contribution < 1.29 is 50.0 Å². The monoisotopic (exact) mass is 400 g/mol. The van der Waals surface area contributed by atoms with Crippen molar-refractivity contribution in [2.24, 2.45) is 0 Å². The van der Waals surface area contributed by atoms with Gasteiger partial charge >= 0.3 is 0 Å². The number of rotatable bonds is 6. The van der Waals surface area contributed by atoms with Crippen LogP contribution < -0.4 is 0 Å². The minimum Gasteiger partial charge on any atom is -0.394 e. The van der Waals surface area contributed by atoms with Crippen LogP contribution in [0, 0.1) is 0 Å². The molecule has 0 aromatic heterocycles. The van der Waals surface area contributed by atoms with Gasteiger partial charge in [0.25, 0.3) is 0 Å². The largest absolute Gasteiger partial charge is 0.394 e. The first-order valence-electron chi connectivity index (χ1n) is 8.45. The van der Waals surface area contributed by atoms with Crippen LogP contribution in [0.5, 0.6) is 0 Å². The summed E-state index contributed by atoms with van der Waals surface area (Å²) in [6, 6.07) is 0. The lowest BCUT2D eigenvalue weighted by atomic mass is 10.0. The molecule has 7 N–H and O–H groups in total. The Morgan fingerprint density at radius 2 is 1.42 bits per heavy atom. The molecule has 2 heterocycles. The Morgan fingerprint density at radius 1 is 0.808 bits per heavy atom. The van der Waals surface area contributed by atoms with E-state index in [2.05, 4.69) is 0 Å². The minimum absolute atomic E-state index is 0.282. The molecular formula is C15H28O10S. The van der Waals surface area contributed by atoms with E-state index < -0.39 is 72.9 Å². The lowest BCUT2D eigenvalue weighted by Crippen LogP contribution is -2.61. The number of thioether (sulfide) groups is 1. The van der Waals surface area contributed by atoms with Gasteiger partial charge in [-0.25, -0.2) is 0 Å². The number of ether oxygens (including phenoxy) is 3. The van der Waals surface area contributed by atoms with E-state index in [9.17, 15) is 35.7 Å². The molecule has 2 fully saturated rings. The predicted octanol–water partition coefficient (Wildman–Crippen LogP) is -3.25. The van der Waals surface area contributed by atoms with E-state index in [0.717, 1.165) is 11.8 Å². The summed E-state index contributed by atoms with van der Waals surface area (Å²) in [6.45, 7) is 2.38. The zero-order valence-corrected chi connectivity index (χ0v) is 15.3. The fraction of sp³-hybridized carbons (Fsp3) is 1.00. The second kappa shape index (κ2) is 9.43. The molecule has 0 aliphatic carbocycles. The highest BCUT2D eigenvalue weighted by atomic mass is 32.2. The fourth-order valence-corrected chi connectivity index (χ4v) is 4.42. The van der Waals surface area contributed by atoms with Crippen molar-refractivity contribution >= 4 is 11.8 Å². The van der Waals surface area contributed by atoms with E-state index in [1.807, 2.05) is 0 Å². The van der Waals surface area contributed by atoms with Gasteiger partial charge in [0.1, 0.15) is 36.0 Å². The van der Waals surface area contributed by atoms with Crippen molar-refractivity contribution in [1.82, 2.24) is 0 Å². The molecule has 2 saturated heterocycles. The van der Waals surface area contributed by atoms with Gasteiger partial charge in [0.05, 0.1) is 36.8 Å². The van der Waals surface area contributed by atoms with Gasteiger partial charge in [-0.05, 0) is 13.8 Å². The Morgan fingerprint density at radius 3 is 1.96 bits per heavy atom. The summed E-state index contributed by atoms with van der Waals surface area (Å²) >= 11 is 0.835. The van der Waals surface area contributed by atoms with Crippen molar-refractivity contribution in [2.45, 2.75) is 79.7 Å². The van der Waals surface area contributed by atoms with Crippen molar-refractivity contribution in [1.29, 1.82) is 0 Å². The van der Waals surface area contributed by atoms with E-state index in [1.165, 1.54) is 0 Å². The highest BCUT2D eigenvalue weighted by molar-refractivity contribution is 8.00. The van der Waals surface area contributed by atoms with Crippen LogP contribution in [-0.4, -0.2) is 115 Å². The van der Waals surface area contributed by atoms with E-state index in [-0.39, 0.29) is 6.10 Å². The molecule has 0 amide bonds. The van der Waals surface area contributed by atoms with Crippen LogP contribution in [0.2, 0.25) is 0 Å². The molecule has 0 spiro atoms. The molecule has 10 nitrogen and oxygen atoms in total. The molecule has 154 valence electrons. The highest BCUT2D eigenvalue weighted by Gasteiger charge is 2.50. The molecule has 2 aliphatic rings.